The van der Waals surface area contributed by atoms with Gasteiger partial charge in [0.25, 0.3) is 0 Å². The number of nitrogens with one attached hydrogen (secondary N) is 1. The van der Waals surface area contributed by atoms with Crippen molar-refractivity contribution in [3.63, 3.8) is 0 Å². The molecule has 0 radical (unpaired) electrons. The van der Waals surface area contributed by atoms with Gasteiger partial charge in [0, 0.05) is 35.8 Å². The number of rotatable bonds is 6. The Labute approximate surface area is 164 Å². The second-order valence-corrected chi connectivity index (χ2v) is 6.69. The number of ether oxygens (including phenoxy) is 2. The van der Waals surface area contributed by atoms with Crippen molar-refractivity contribution in [2.45, 2.75) is 6.61 Å². The molecule has 1 aromatic heterocycles. The first kappa shape index (κ1) is 19.5. The summed E-state index contributed by atoms with van der Waals surface area (Å²) in [5.41, 5.74) is 3.77. The predicted octanol–water partition coefficient (Wildman–Crippen LogP) is 2.51. The highest BCUT2D eigenvalue weighted by Gasteiger charge is 2.17. The third kappa shape index (κ3) is 4.90. The van der Waals surface area contributed by atoms with Gasteiger partial charge < -0.3 is 19.5 Å². The molecule has 10 heteroatoms. The van der Waals surface area contributed by atoms with Gasteiger partial charge in [-0.25, -0.2) is 14.8 Å². The molecule has 0 spiro atoms. The number of phenolic OH excluding ortho intramolecular Hbond substituents is 1. The highest BCUT2D eigenvalue weighted by molar-refractivity contribution is 9.10. The Balaban J connectivity index is 1.75. The SMILES string of the molecule is COCc1cc(Br)cc(/C=N/Nc2ncc(F)c(N3CCOCC3)n2)c1O. The Kier molecular flexibility index (Phi) is 6.54. The molecule has 0 amide bonds. The number of nitrogens with zero attached hydrogens (tertiary/aromatic N) is 4. The highest BCUT2D eigenvalue weighted by atomic mass is 79.9. The summed E-state index contributed by atoms with van der Waals surface area (Å²) in [5, 5.41) is 14.3. The van der Waals surface area contributed by atoms with Crippen LogP contribution in [0.15, 0.2) is 27.9 Å². The van der Waals surface area contributed by atoms with Gasteiger partial charge in [0.15, 0.2) is 11.6 Å². The number of hydrazone groups is 1. The normalized spacial score (nSPS) is 14.7. The number of benzene rings is 1. The number of halogens is 2. The highest BCUT2D eigenvalue weighted by Crippen LogP contribution is 2.27. The smallest absolute Gasteiger partial charge is 0.245 e. The quantitative estimate of drug-likeness (QED) is 0.527. The molecule has 1 saturated heterocycles. The van der Waals surface area contributed by atoms with Crippen molar-refractivity contribution in [3.8, 4) is 5.75 Å². The lowest BCUT2D eigenvalue weighted by Crippen LogP contribution is -2.37. The van der Waals surface area contributed by atoms with Crippen LogP contribution in [0.5, 0.6) is 5.75 Å². The molecule has 0 atom stereocenters. The van der Waals surface area contributed by atoms with E-state index in [2.05, 4.69) is 36.4 Å². The monoisotopic (exact) mass is 439 g/mol. The molecule has 0 aliphatic carbocycles. The fourth-order valence-corrected chi connectivity index (χ4v) is 3.13. The summed E-state index contributed by atoms with van der Waals surface area (Å²) >= 11 is 3.38. The number of hydrogen-bond donors (Lipinski definition) is 2. The Hall–Kier alpha value is -2.30. The van der Waals surface area contributed by atoms with Crippen molar-refractivity contribution < 1.29 is 19.0 Å². The van der Waals surface area contributed by atoms with Gasteiger partial charge in [0.1, 0.15) is 5.75 Å². The molecule has 1 aliphatic rings. The Morgan fingerprint density at radius 3 is 2.96 bits per heavy atom. The van der Waals surface area contributed by atoms with Gasteiger partial charge in [-0.05, 0) is 12.1 Å². The molecule has 1 aromatic carbocycles. The van der Waals surface area contributed by atoms with E-state index < -0.39 is 5.82 Å². The molecule has 0 unspecified atom stereocenters. The molecule has 1 fully saturated rings. The van der Waals surface area contributed by atoms with E-state index in [0.717, 1.165) is 10.7 Å². The van der Waals surface area contributed by atoms with Gasteiger partial charge in [-0.3, -0.25) is 0 Å². The van der Waals surface area contributed by atoms with Crippen LogP contribution in [0.25, 0.3) is 0 Å². The van der Waals surface area contributed by atoms with Crippen LogP contribution < -0.4 is 10.3 Å². The average Bonchev–Trinajstić information content (AvgIpc) is 2.67. The molecular weight excluding hydrogens is 421 g/mol. The van der Waals surface area contributed by atoms with E-state index in [1.807, 2.05) is 0 Å². The molecule has 0 saturated carbocycles. The van der Waals surface area contributed by atoms with Crippen molar-refractivity contribution in [3.05, 3.63) is 39.7 Å². The zero-order chi connectivity index (χ0) is 19.2. The first-order chi connectivity index (χ1) is 13.1. The van der Waals surface area contributed by atoms with E-state index in [-0.39, 0.29) is 24.1 Å². The maximum absolute atomic E-state index is 14.0. The van der Waals surface area contributed by atoms with Gasteiger partial charge in [0.2, 0.25) is 5.95 Å². The first-order valence-corrected chi connectivity index (χ1v) is 9.02. The minimum absolute atomic E-state index is 0.0691. The summed E-state index contributed by atoms with van der Waals surface area (Å²) < 4.78 is 25.1. The van der Waals surface area contributed by atoms with E-state index >= 15 is 0 Å². The number of morpholine rings is 1. The van der Waals surface area contributed by atoms with Crippen LogP contribution in [0.4, 0.5) is 16.2 Å². The van der Waals surface area contributed by atoms with Crippen molar-refractivity contribution in [1.82, 2.24) is 9.97 Å². The van der Waals surface area contributed by atoms with E-state index in [4.69, 9.17) is 9.47 Å². The van der Waals surface area contributed by atoms with E-state index in [1.165, 1.54) is 6.21 Å². The Bertz CT molecular complexity index is 830. The van der Waals surface area contributed by atoms with Crippen LogP contribution in [0.3, 0.4) is 0 Å². The predicted molar refractivity (Wildman–Crippen MR) is 103 cm³/mol. The number of anilines is 2. The zero-order valence-corrected chi connectivity index (χ0v) is 16.2. The van der Waals surface area contributed by atoms with E-state index in [9.17, 15) is 9.50 Å². The lowest BCUT2D eigenvalue weighted by atomic mass is 10.1. The van der Waals surface area contributed by atoms with Gasteiger partial charge in [-0.2, -0.15) is 10.1 Å². The number of aromatic nitrogens is 2. The third-order valence-corrected chi connectivity index (χ3v) is 4.35. The first-order valence-electron chi connectivity index (χ1n) is 8.23. The molecule has 1 aliphatic heterocycles. The van der Waals surface area contributed by atoms with Gasteiger partial charge >= 0.3 is 0 Å². The zero-order valence-electron chi connectivity index (χ0n) is 14.7. The van der Waals surface area contributed by atoms with Gasteiger partial charge in [0.05, 0.1) is 32.2 Å². The van der Waals surface area contributed by atoms with Crippen LogP contribution in [0.2, 0.25) is 0 Å². The Morgan fingerprint density at radius 2 is 2.22 bits per heavy atom. The van der Waals surface area contributed by atoms with Crippen molar-refractivity contribution >= 4 is 33.9 Å². The molecule has 144 valence electrons. The molecule has 2 aromatic rings. The molecule has 27 heavy (non-hydrogen) atoms. The molecule has 3 rings (SSSR count). The fraction of sp³-hybridized carbons (Fsp3) is 0.353. The number of phenols is 1. The van der Waals surface area contributed by atoms with Crippen LogP contribution in [-0.4, -0.2) is 54.7 Å². The van der Waals surface area contributed by atoms with Crippen LogP contribution in [-0.2, 0) is 16.1 Å². The molecule has 8 nitrogen and oxygen atoms in total. The standard InChI is InChI=1S/C17H19BrFN5O3/c1-26-10-12-7-13(18)6-11(15(12)25)8-21-23-17-20-9-14(19)16(22-17)24-2-4-27-5-3-24/h6-9,25H,2-5,10H2,1H3,(H,20,22,23)/b21-8+. The molecule has 0 bridgehead atoms. The second kappa shape index (κ2) is 9.07. The molecular formula is C17H19BrFN5O3. The topological polar surface area (TPSA) is 92.1 Å². The van der Waals surface area contributed by atoms with Crippen molar-refractivity contribution in [1.29, 1.82) is 0 Å². The summed E-state index contributed by atoms with van der Waals surface area (Å²) in [6.07, 6.45) is 2.53. The second-order valence-electron chi connectivity index (χ2n) is 5.77. The summed E-state index contributed by atoms with van der Waals surface area (Å²) in [6, 6.07) is 3.48. The Morgan fingerprint density at radius 1 is 1.44 bits per heavy atom. The largest absolute Gasteiger partial charge is 0.507 e. The number of hydrogen-bond acceptors (Lipinski definition) is 8. The summed E-state index contributed by atoms with van der Waals surface area (Å²) in [4.78, 5) is 9.87. The minimum atomic E-state index is -0.500. The molecule has 2 N–H and O–H groups in total. The fourth-order valence-electron chi connectivity index (χ4n) is 2.61. The van der Waals surface area contributed by atoms with Gasteiger partial charge in [-0.15, -0.1) is 0 Å². The van der Waals surface area contributed by atoms with Crippen LogP contribution in [0, 0.1) is 5.82 Å². The summed E-state index contributed by atoms with van der Waals surface area (Å²) in [6.45, 7) is 2.44. The van der Waals surface area contributed by atoms with Crippen molar-refractivity contribution in [2.75, 3.05) is 43.7 Å². The molecule has 2 heterocycles. The van der Waals surface area contributed by atoms with E-state index in [0.29, 0.717) is 37.4 Å². The maximum atomic E-state index is 14.0. The maximum Gasteiger partial charge on any atom is 0.245 e. The third-order valence-electron chi connectivity index (χ3n) is 3.89. The minimum Gasteiger partial charge on any atom is -0.507 e. The lowest BCUT2D eigenvalue weighted by Gasteiger charge is -2.27. The van der Waals surface area contributed by atoms with E-state index in [1.54, 1.807) is 24.1 Å². The lowest BCUT2D eigenvalue weighted by molar-refractivity contribution is 0.122. The summed E-state index contributed by atoms with van der Waals surface area (Å²) in [5.74, 6) is -0.0701. The average molecular weight is 440 g/mol. The van der Waals surface area contributed by atoms with Crippen LogP contribution in [0.1, 0.15) is 11.1 Å². The number of methoxy groups -OCH3 is 1. The van der Waals surface area contributed by atoms with Crippen LogP contribution >= 0.6 is 15.9 Å². The summed E-state index contributed by atoms with van der Waals surface area (Å²) in [7, 11) is 1.55. The van der Waals surface area contributed by atoms with Crippen molar-refractivity contribution in [2.24, 2.45) is 5.10 Å². The van der Waals surface area contributed by atoms with Gasteiger partial charge in [-0.1, -0.05) is 15.9 Å². The number of aromatic hydroxyl groups is 1.